The van der Waals surface area contributed by atoms with Gasteiger partial charge in [-0.25, -0.2) is 4.68 Å². The first-order chi connectivity index (χ1) is 12.0. The Morgan fingerprint density at radius 1 is 1.24 bits per heavy atom. The summed E-state index contributed by atoms with van der Waals surface area (Å²) in [6.07, 6.45) is 4.94. The minimum absolute atomic E-state index is 0.212. The molecule has 2 aromatic heterocycles. The van der Waals surface area contributed by atoms with Gasteiger partial charge < -0.3 is 5.32 Å². The summed E-state index contributed by atoms with van der Waals surface area (Å²) < 4.78 is 3.48. The predicted octanol–water partition coefficient (Wildman–Crippen LogP) is 3.69. The molecule has 0 fully saturated rings. The Balaban J connectivity index is 1.69. The molecule has 1 N–H and O–H groups in total. The molecule has 0 radical (unpaired) electrons. The third-order valence-electron chi connectivity index (χ3n) is 3.68. The van der Waals surface area contributed by atoms with Gasteiger partial charge >= 0.3 is 0 Å². The normalized spacial score (nSPS) is 11.0. The number of nitrogens with one attached hydrogen (secondary N) is 1. The molecule has 0 spiro atoms. The van der Waals surface area contributed by atoms with E-state index in [-0.39, 0.29) is 5.91 Å². The SMILES string of the molecule is CC(C)Cn1nccc1NC(=O)c1cnn(Cc2ccccc2Cl)c1. The molecule has 0 aliphatic carbocycles. The standard InChI is InChI=1S/C18H20ClN5O/c1-13(2)10-24-17(7-8-20-24)22-18(25)15-9-21-23(12-15)11-14-5-3-4-6-16(14)19/h3-9,12-13H,10-11H2,1-2H3,(H,22,25). The van der Waals surface area contributed by atoms with Crippen molar-refractivity contribution < 1.29 is 4.79 Å². The number of benzene rings is 1. The van der Waals surface area contributed by atoms with Crippen LogP contribution in [0, 0.1) is 5.92 Å². The van der Waals surface area contributed by atoms with Crippen molar-refractivity contribution in [2.75, 3.05) is 5.32 Å². The van der Waals surface area contributed by atoms with Crippen molar-refractivity contribution >= 4 is 23.3 Å². The Kier molecular flexibility index (Phi) is 5.19. The molecule has 0 aliphatic heterocycles. The van der Waals surface area contributed by atoms with E-state index in [0.29, 0.717) is 28.9 Å². The van der Waals surface area contributed by atoms with E-state index >= 15 is 0 Å². The fourth-order valence-electron chi connectivity index (χ4n) is 2.49. The summed E-state index contributed by atoms with van der Waals surface area (Å²) in [6, 6.07) is 9.37. The van der Waals surface area contributed by atoms with Crippen molar-refractivity contribution in [1.29, 1.82) is 0 Å². The number of rotatable bonds is 6. The second-order valence-electron chi connectivity index (χ2n) is 6.26. The third kappa shape index (κ3) is 4.28. The first-order valence-electron chi connectivity index (χ1n) is 8.12. The Bertz CT molecular complexity index is 868. The van der Waals surface area contributed by atoms with Gasteiger partial charge in [-0.1, -0.05) is 43.6 Å². The number of carbonyl (C=O) groups is 1. The fraction of sp³-hybridized carbons (Fsp3) is 0.278. The van der Waals surface area contributed by atoms with Crippen LogP contribution >= 0.6 is 11.6 Å². The molecule has 0 saturated carbocycles. The Morgan fingerprint density at radius 3 is 2.80 bits per heavy atom. The maximum absolute atomic E-state index is 12.5. The van der Waals surface area contributed by atoms with Crippen molar-refractivity contribution in [3.63, 3.8) is 0 Å². The molecular weight excluding hydrogens is 338 g/mol. The van der Waals surface area contributed by atoms with E-state index in [2.05, 4.69) is 29.4 Å². The molecule has 6 nitrogen and oxygen atoms in total. The van der Waals surface area contributed by atoms with Crippen LogP contribution in [-0.4, -0.2) is 25.5 Å². The van der Waals surface area contributed by atoms with Gasteiger partial charge in [0.2, 0.25) is 0 Å². The molecule has 0 atom stereocenters. The molecule has 7 heteroatoms. The lowest BCUT2D eigenvalue weighted by Crippen LogP contribution is -2.16. The summed E-state index contributed by atoms with van der Waals surface area (Å²) in [4.78, 5) is 12.5. The van der Waals surface area contributed by atoms with Crippen LogP contribution in [0.5, 0.6) is 0 Å². The molecule has 3 aromatic rings. The number of hydrogen-bond acceptors (Lipinski definition) is 3. The number of hydrogen-bond donors (Lipinski definition) is 1. The van der Waals surface area contributed by atoms with Gasteiger partial charge in [-0.05, 0) is 17.5 Å². The van der Waals surface area contributed by atoms with Gasteiger partial charge in [0.25, 0.3) is 5.91 Å². The summed E-state index contributed by atoms with van der Waals surface area (Å²) in [5, 5.41) is 12.1. The van der Waals surface area contributed by atoms with E-state index in [9.17, 15) is 4.79 Å². The highest BCUT2D eigenvalue weighted by atomic mass is 35.5. The zero-order valence-electron chi connectivity index (χ0n) is 14.2. The molecule has 3 rings (SSSR count). The van der Waals surface area contributed by atoms with E-state index in [1.807, 2.05) is 24.3 Å². The third-order valence-corrected chi connectivity index (χ3v) is 4.05. The summed E-state index contributed by atoms with van der Waals surface area (Å²) in [7, 11) is 0. The molecule has 0 bridgehead atoms. The highest BCUT2D eigenvalue weighted by Crippen LogP contribution is 2.16. The zero-order chi connectivity index (χ0) is 17.8. The molecule has 0 unspecified atom stereocenters. The van der Waals surface area contributed by atoms with Crippen molar-refractivity contribution in [3.05, 3.63) is 65.1 Å². The lowest BCUT2D eigenvalue weighted by Gasteiger charge is -2.10. The van der Waals surface area contributed by atoms with Crippen molar-refractivity contribution in [3.8, 4) is 0 Å². The average molecular weight is 358 g/mol. The first kappa shape index (κ1) is 17.2. The minimum atomic E-state index is -0.212. The van der Waals surface area contributed by atoms with Gasteiger partial charge in [-0.15, -0.1) is 0 Å². The molecule has 25 heavy (non-hydrogen) atoms. The highest BCUT2D eigenvalue weighted by Gasteiger charge is 2.13. The van der Waals surface area contributed by atoms with Gasteiger partial charge in [-0.2, -0.15) is 10.2 Å². The second kappa shape index (κ2) is 7.53. The van der Waals surface area contributed by atoms with Gasteiger partial charge in [0.05, 0.1) is 24.5 Å². The zero-order valence-corrected chi connectivity index (χ0v) is 14.9. The van der Waals surface area contributed by atoms with Crippen LogP contribution in [0.3, 0.4) is 0 Å². The molecule has 1 amide bonds. The van der Waals surface area contributed by atoms with E-state index < -0.39 is 0 Å². The van der Waals surface area contributed by atoms with Gasteiger partial charge in [0.15, 0.2) is 0 Å². The molecule has 0 aliphatic rings. The molecule has 130 valence electrons. The van der Waals surface area contributed by atoms with E-state index in [1.54, 1.807) is 34.0 Å². The van der Waals surface area contributed by atoms with Crippen LogP contribution in [0.1, 0.15) is 29.8 Å². The van der Waals surface area contributed by atoms with Crippen LogP contribution in [0.15, 0.2) is 48.9 Å². The quantitative estimate of drug-likeness (QED) is 0.731. The Hall–Kier alpha value is -2.60. The number of amides is 1. The first-order valence-corrected chi connectivity index (χ1v) is 8.49. The van der Waals surface area contributed by atoms with Gasteiger partial charge in [-0.3, -0.25) is 9.48 Å². The smallest absolute Gasteiger partial charge is 0.259 e. The number of aromatic nitrogens is 4. The summed E-state index contributed by atoms with van der Waals surface area (Å²) in [6.45, 7) is 5.46. The summed E-state index contributed by atoms with van der Waals surface area (Å²) in [5.74, 6) is 0.905. The van der Waals surface area contributed by atoms with Crippen LogP contribution in [0.2, 0.25) is 5.02 Å². The lowest BCUT2D eigenvalue weighted by atomic mass is 10.2. The van der Waals surface area contributed by atoms with Crippen molar-refractivity contribution in [2.24, 2.45) is 5.92 Å². The average Bonchev–Trinajstić information content (AvgIpc) is 3.19. The second-order valence-corrected chi connectivity index (χ2v) is 6.67. The van der Waals surface area contributed by atoms with Crippen LogP contribution in [-0.2, 0) is 13.1 Å². The fourth-order valence-corrected chi connectivity index (χ4v) is 2.68. The summed E-state index contributed by atoms with van der Waals surface area (Å²) >= 11 is 6.17. The van der Waals surface area contributed by atoms with E-state index in [1.165, 1.54) is 0 Å². The highest BCUT2D eigenvalue weighted by molar-refractivity contribution is 6.31. The monoisotopic (exact) mass is 357 g/mol. The maximum Gasteiger partial charge on any atom is 0.259 e. The molecular formula is C18H20ClN5O. The van der Waals surface area contributed by atoms with Crippen LogP contribution in [0.25, 0.3) is 0 Å². The van der Waals surface area contributed by atoms with Crippen LogP contribution < -0.4 is 5.32 Å². The molecule has 2 heterocycles. The Labute approximate surface area is 151 Å². The van der Waals surface area contributed by atoms with Gasteiger partial charge in [0, 0.05) is 23.8 Å². The summed E-state index contributed by atoms with van der Waals surface area (Å²) in [5.41, 5.74) is 1.44. The van der Waals surface area contributed by atoms with Gasteiger partial charge in [0.1, 0.15) is 5.82 Å². The minimum Gasteiger partial charge on any atom is -0.307 e. The molecule has 0 saturated heterocycles. The number of carbonyl (C=O) groups excluding carboxylic acids is 1. The number of nitrogens with zero attached hydrogens (tertiary/aromatic N) is 4. The number of halogens is 1. The molecule has 1 aromatic carbocycles. The van der Waals surface area contributed by atoms with Crippen molar-refractivity contribution in [1.82, 2.24) is 19.6 Å². The van der Waals surface area contributed by atoms with Crippen LogP contribution in [0.4, 0.5) is 5.82 Å². The largest absolute Gasteiger partial charge is 0.307 e. The van der Waals surface area contributed by atoms with Crippen molar-refractivity contribution in [2.45, 2.75) is 26.9 Å². The number of anilines is 1. The van der Waals surface area contributed by atoms with E-state index in [4.69, 9.17) is 11.6 Å². The lowest BCUT2D eigenvalue weighted by molar-refractivity contribution is 0.102. The predicted molar refractivity (Wildman–Crippen MR) is 97.8 cm³/mol. The maximum atomic E-state index is 12.5. The Morgan fingerprint density at radius 2 is 2.04 bits per heavy atom. The van der Waals surface area contributed by atoms with E-state index in [0.717, 1.165) is 12.1 Å². The topological polar surface area (TPSA) is 64.7 Å².